The van der Waals surface area contributed by atoms with E-state index < -0.39 is 17.7 Å². The third-order valence-corrected chi connectivity index (χ3v) is 5.47. The van der Waals surface area contributed by atoms with Crippen LogP contribution in [0.3, 0.4) is 0 Å². The van der Waals surface area contributed by atoms with E-state index in [0.29, 0.717) is 25.3 Å². The second kappa shape index (κ2) is 7.17. The molecule has 3 rings (SSSR count). The molecule has 0 unspecified atom stereocenters. The molecule has 1 aromatic heterocycles. The highest BCUT2D eigenvalue weighted by Crippen LogP contribution is 2.27. The van der Waals surface area contributed by atoms with Gasteiger partial charge in [-0.25, -0.2) is 8.78 Å². The van der Waals surface area contributed by atoms with Gasteiger partial charge in [0, 0.05) is 48.5 Å². The van der Waals surface area contributed by atoms with Crippen molar-refractivity contribution in [1.29, 1.82) is 0 Å². The monoisotopic (exact) mass is 352 g/mol. The molecule has 3 nitrogen and oxygen atoms in total. The molecule has 2 aromatic rings. The Morgan fingerprint density at radius 2 is 1.83 bits per heavy atom. The molecule has 1 fully saturated rings. The van der Waals surface area contributed by atoms with E-state index in [2.05, 4.69) is 11.0 Å². The summed E-state index contributed by atoms with van der Waals surface area (Å²) in [6.45, 7) is 7.48. The Morgan fingerprint density at radius 3 is 2.42 bits per heavy atom. The van der Waals surface area contributed by atoms with Gasteiger partial charge in [0.2, 0.25) is 0 Å². The lowest BCUT2D eigenvalue weighted by molar-refractivity contribution is 0.109. The third kappa shape index (κ3) is 3.77. The van der Waals surface area contributed by atoms with Crippen LogP contribution >= 0.6 is 11.3 Å². The number of thiophene rings is 1. The summed E-state index contributed by atoms with van der Waals surface area (Å²) in [5.74, 6) is -1.08. The minimum atomic E-state index is -0.556. The number of rotatable bonds is 4. The molecule has 1 aliphatic heterocycles. The molecule has 1 saturated heterocycles. The maximum atomic E-state index is 13.9. The first-order chi connectivity index (χ1) is 11.4. The molecule has 6 heteroatoms. The Kier molecular flexibility index (Phi) is 5.18. The molecule has 1 aromatic carbocycles. The summed E-state index contributed by atoms with van der Waals surface area (Å²) in [7, 11) is 0. The van der Waals surface area contributed by atoms with Gasteiger partial charge in [-0.05, 0) is 37.6 Å². The maximum Gasteiger partial charge on any atom is 0.149 e. The van der Waals surface area contributed by atoms with E-state index in [-0.39, 0.29) is 0 Å². The zero-order chi connectivity index (χ0) is 17.3. The largest absolute Gasteiger partial charge is 0.387 e. The SMILES string of the molecule is Cc1cc([C@@H](O)CN2CCN(c3ccc(F)cc3F)CC2)c(C)s1. The molecule has 1 aliphatic rings. The smallest absolute Gasteiger partial charge is 0.149 e. The second-order valence-corrected chi connectivity index (χ2v) is 7.73. The number of nitrogens with zero attached hydrogens (tertiary/aromatic N) is 2. The Morgan fingerprint density at radius 1 is 1.12 bits per heavy atom. The molecule has 0 spiro atoms. The summed E-state index contributed by atoms with van der Waals surface area (Å²) >= 11 is 1.70. The highest BCUT2D eigenvalue weighted by atomic mass is 32.1. The molecule has 0 aliphatic carbocycles. The van der Waals surface area contributed by atoms with Crippen molar-refractivity contribution >= 4 is 17.0 Å². The first kappa shape index (κ1) is 17.3. The topological polar surface area (TPSA) is 26.7 Å². The molecular formula is C18H22F2N2OS. The third-order valence-electron chi connectivity index (χ3n) is 4.49. The Labute approximate surface area is 145 Å². The van der Waals surface area contributed by atoms with Gasteiger partial charge in [-0.1, -0.05) is 0 Å². The Balaban J connectivity index is 1.58. The zero-order valence-corrected chi connectivity index (χ0v) is 14.7. The van der Waals surface area contributed by atoms with Gasteiger partial charge < -0.3 is 10.0 Å². The van der Waals surface area contributed by atoms with Crippen molar-refractivity contribution in [3.63, 3.8) is 0 Å². The fourth-order valence-corrected chi connectivity index (χ4v) is 4.21. The molecule has 2 heterocycles. The van der Waals surface area contributed by atoms with Crippen LogP contribution in [0.2, 0.25) is 0 Å². The van der Waals surface area contributed by atoms with Crippen molar-refractivity contribution < 1.29 is 13.9 Å². The van der Waals surface area contributed by atoms with Crippen LogP contribution in [0, 0.1) is 25.5 Å². The van der Waals surface area contributed by atoms with Crippen molar-refractivity contribution in [2.24, 2.45) is 0 Å². The minimum absolute atomic E-state index is 0.445. The van der Waals surface area contributed by atoms with Crippen LogP contribution in [0.1, 0.15) is 21.4 Å². The molecule has 1 N–H and O–H groups in total. The van der Waals surface area contributed by atoms with Gasteiger partial charge in [0.15, 0.2) is 0 Å². The van der Waals surface area contributed by atoms with Gasteiger partial charge in [-0.2, -0.15) is 0 Å². The second-order valence-electron chi connectivity index (χ2n) is 6.27. The van der Waals surface area contributed by atoms with E-state index >= 15 is 0 Å². The number of halogens is 2. The number of aliphatic hydroxyl groups excluding tert-OH is 1. The number of aryl methyl sites for hydroxylation is 2. The predicted octanol–water partition coefficient (Wildman–Crippen LogP) is 3.50. The lowest BCUT2D eigenvalue weighted by Crippen LogP contribution is -2.47. The number of piperazine rings is 1. The molecule has 0 radical (unpaired) electrons. The van der Waals surface area contributed by atoms with E-state index in [4.69, 9.17) is 0 Å². The van der Waals surface area contributed by atoms with Gasteiger partial charge in [0.25, 0.3) is 0 Å². The van der Waals surface area contributed by atoms with E-state index in [0.717, 1.165) is 29.6 Å². The molecule has 0 amide bonds. The fraction of sp³-hybridized carbons (Fsp3) is 0.444. The molecule has 130 valence electrons. The maximum absolute atomic E-state index is 13.9. The average Bonchev–Trinajstić information content (AvgIpc) is 2.87. The lowest BCUT2D eigenvalue weighted by Gasteiger charge is -2.37. The molecular weight excluding hydrogens is 330 g/mol. The predicted molar refractivity (Wildman–Crippen MR) is 93.8 cm³/mol. The molecule has 24 heavy (non-hydrogen) atoms. The summed E-state index contributed by atoms with van der Waals surface area (Å²) in [4.78, 5) is 6.48. The van der Waals surface area contributed by atoms with Crippen molar-refractivity contribution in [3.8, 4) is 0 Å². The first-order valence-corrected chi connectivity index (χ1v) is 8.93. The summed E-state index contributed by atoms with van der Waals surface area (Å²) in [6.07, 6.45) is -0.496. The number of aliphatic hydroxyl groups is 1. The van der Waals surface area contributed by atoms with E-state index in [9.17, 15) is 13.9 Å². The zero-order valence-electron chi connectivity index (χ0n) is 13.9. The van der Waals surface area contributed by atoms with Crippen molar-refractivity contribution in [3.05, 3.63) is 51.2 Å². The van der Waals surface area contributed by atoms with Crippen LogP contribution in [-0.2, 0) is 0 Å². The number of hydrogen-bond donors (Lipinski definition) is 1. The quantitative estimate of drug-likeness (QED) is 0.912. The number of anilines is 1. The van der Waals surface area contributed by atoms with Crippen molar-refractivity contribution in [2.75, 3.05) is 37.6 Å². The van der Waals surface area contributed by atoms with E-state index in [1.807, 2.05) is 18.7 Å². The number of benzene rings is 1. The van der Waals surface area contributed by atoms with Gasteiger partial charge >= 0.3 is 0 Å². The first-order valence-electron chi connectivity index (χ1n) is 8.11. The summed E-state index contributed by atoms with van der Waals surface area (Å²) in [5, 5.41) is 10.5. The van der Waals surface area contributed by atoms with Crippen molar-refractivity contribution in [2.45, 2.75) is 20.0 Å². The average molecular weight is 352 g/mol. The van der Waals surface area contributed by atoms with Gasteiger partial charge in [0.05, 0.1) is 11.8 Å². The highest BCUT2D eigenvalue weighted by molar-refractivity contribution is 7.12. The number of β-amino-alcohol motifs (C(OH)–C–C–N with tert-alkyl or cyclic N) is 1. The van der Waals surface area contributed by atoms with Crippen LogP contribution in [0.25, 0.3) is 0 Å². The Hall–Kier alpha value is -1.50. The lowest BCUT2D eigenvalue weighted by atomic mass is 10.1. The summed E-state index contributed by atoms with van der Waals surface area (Å²) in [5.41, 5.74) is 1.45. The minimum Gasteiger partial charge on any atom is -0.387 e. The normalized spacial score (nSPS) is 17.3. The fourth-order valence-electron chi connectivity index (χ4n) is 3.23. The summed E-state index contributed by atoms with van der Waals surface area (Å²) < 4.78 is 26.9. The van der Waals surface area contributed by atoms with Crippen LogP contribution in [-0.4, -0.2) is 42.7 Å². The van der Waals surface area contributed by atoms with Crippen LogP contribution in [0.5, 0.6) is 0 Å². The van der Waals surface area contributed by atoms with E-state index in [1.54, 1.807) is 11.3 Å². The van der Waals surface area contributed by atoms with Gasteiger partial charge in [-0.3, -0.25) is 4.90 Å². The van der Waals surface area contributed by atoms with Crippen LogP contribution < -0.4 is 4.90 Å². The standard InChI is InChI=1S/C18H22F2N2OS/c1-12-9-15(13(2)24-12)18(23)11-21-5-7-22(8-6-21)17-4-3-14(19)10-16(17)20/h3-4,9-10,18,23H,5-8,11H2,1-2H3/t18-/m0/s1. The van der Waals surface area contributed by atoms with Crippen LogP contribution in [0.15, 0.2) is 24.3 Å². The van der Waals surface area contributed by atoms with E-state index in [1.165, 1.54) is 17.0 Å². The summed E-state index contributed by atoms with van der Waals surface area (Å²) in [6, 6.07) is 5.75. The van der Waals surface area contributed by atoms with Gasteiger partial charge in [-0.15, -0.1) is 11.3 Å². The van der Waals surface area contributed by atoms with Crippen molar-refractivity contribution in [1.82, 2.24) is 4.90 Å². The molecule has 0 bridgehead atoms. The number of hydrogen-bond acceptors (Lipinski definition) is 4. The van der Waals surface area contributed by atoms with Gasteiger partial charge in [0.1, 0.15) is 11.6 Å². The Bertz CT molecular complexity index is 711. The molecule has 0 saturated carbocycles. The highest BCUT2D eigenvalue weighted by Gasteiger charge is 2.23. The molecule has 1 atom stereocenters. The van der Waals surface area contributed by atoms with Crippen LogP contribution in [0.4, 0.5) is 14.5 Å².